The molecule has 136 heavy (non-hydrogen) atoms. The Bertz CT molecular complexity index is 5920. The normalized spacial score (nSPS) is 10.1. The number of ether oxygens (including phenoxy) is 7. The van der Waals surface area contributed by atoms with Crippen LogP contribution in [-0.2, 0) is 79.0 Å². The number of aliphatic hydroxyl groups excluding tert-OH is 2. The molecular weight excluding hydrogens is 2390 g/mol. The van der Waals surface area contributed by atoms with Crippen LogP contribution in [0.15, 0.2) is 71.9 Å². The van der Waals surface area contributed by atoms with Gasteiger partial charge in [-0.3, -0.25) is 33.6 Å². The molecular formula is C83H90Br6K3N9O28S7. The summed E-state index contributed by atoms with van der Waals surface area (Å²) in [7, 11) is 0. The van der Waals surface area contributed by atoms with Crippen molar-refractivity contribution in [3.05, 3.63) is 190 Å². The summed E-state index contributed by atoms with van der Waals surface area (Å²) >= 11 is 30.7. The topological polar surface area (TPSA) is 527 Å². The zero-order valence-corrected chi connectivity index (χ0v) is 101. The van der Waals surface area contributed by atoms with Crippen LogP contribution in [0, 0.1) is 38.8 Å². The second-order valence-corrected chi connectivity index (χ2v) is 38.0. The first-order valence-electron chi connectivity index (χ1n) is 38.7. The number of nitrogens with zero attached hydrogens (tertiary/aromatic N) is 7. The van der Waals surface area contributed by atoms with Gasteiger partial charge in [-0.25, -0.2) is 44.6 Å². The Labute approximate surface area is 985 Å². The molecule has 0 saturated heterocycles. The molecule has 53 heteroatoms. The molecule has 0 aliphatic heterocycles. The molecule has 14 aromatic rings. The third-order valence-corrected chi connectivity index (χ3v) is 31.1. The van der Waals surface area contributed by atoms with Gasteiger partial charge in [0.1, 0.15) is 94.8 Å². The number of carboxylic acids is 1. The number of carbonyl (C=O) groups excluding carboxylic acids is 15. The predicted molar refractivity (Wildman–Crippen MR) is 522 cm³/mol. The number of alkyl halides is 1. The van der Waals surface area contributed by atoms with E-state index in [0.717, 1.165) is 84.7 Å². The maximum absolute atomic E-state index is 11.9. The number of aldehydes is 6. The van der Waals surface area contributed by atoms with Gasteiger partial charge in [0.05, 0.1) is 94.0 Å². The molecule has 0 bridgehead atoms. The van der Waals surface area contributed by atoms with Crippen LogP contribution >= 0.6 is 175 Å². The van der Waals surface area contributed by atoms with Crippen LogP contribution in [0.4, 0.5) is 0 Å². The number of aliphatic hydroxyl groups is 2. The van der Waals surface area contributed by atoms with E-state index < -0.39 is 41.8 Å². The molecule has 0 spiro atoms. The van der Waals surface area contributed by atoms with E-state index in [9.17, 15) is 62.3 Å². The summed E-state index contributed by atoms with van der Waals surface area (Å²) in [6, 6.07) is 1.85. The van der Waals surface area contributed by atoms with Crippen LogP contribution in [0.1, 0.15) is 253 Å². The Balaban J connectivity index is 0. The van der Waals surface area contributed by atoms with E-state index in [1.807, 2.05) is 69.1 Å². The van der Waals surface area contributed by atoms with Crippen molar-refractivity contribution in [3.8, 4) is 0 Å². The van der Waals surface area contributed by atoms with Gasteiger partial charge in [-0.2, -0.15) is 0 Å². The zero-order valence-electron chi connectivity index (χ0n) is 77.0. The van der Waals surface area contributed by atoms with Crippen LogP contribution in [0.3, 0.4) is 0 Å². The molecule has 722 valence electrons. The first-order valence-corrected chi connectivity index (χ1v) is 49.5. The summed E-state index contributed by atoms with van der Waals surface area (Å²) in [6.45, 7) is 26.5. The fraction of sp³-hybridized carbons (Fsp3) is 0.313. The number of nitrogens with one attached hydrogen (secondary N) is 2. The van der Waals surface area contributed by atoms with Gasteiger partial charge in [-0.15, -0.1) is 79.4 Å². The van der Waals surface area contributed by atoms with Crippen molar-refractivity contribution in [2.45, 2.75) is 128 Å². The zero-order chi connectivity index (χ0) is 99.0. The van der Waals surface area contributed by atoms with Crippen LogP contribution < -0.4 is 165 Å². The Morgan fingerprint density at radius 3 is 0.897 bits per heavy atom. The van der Waals surface area contributed by atoms with Gasteiger partial charge in [-0.1, -0.05) is 29.8 Å². The molecule has 0 aliphatic carbocycles. The summed E-state index contributed by atoms with van der Waals surface area (Å²) in [5.74, 6) is -4.24. The molecule has 0 atom stereocenters. The second-order valence-electron chi connectivity index (χ2n) is 25.4. The SMILES string of the molecule is CC(=O)[O-].CCOC(=O)c1c(Br)c2sc(C)cn2c1C=O.CCOC(=O)c1c(Br)c2sc(CBr)cn2c1C=O.CCOC(=O)c1c(Br)c2sc(CC)cn2c1C=O.CCOC(=O)c1c(Br)c2sc(CO)cn2c1C=O.CCOC(=O)c1c(C)c2sc(CC)cn2c1C=O.CCOC(=O)c1c(C)c2sc(CO)cn2c1C=O.CCOC(=O)c1cc2sc(C)cn2c1Br.N=N.O.O=CO[O-].[H-].[HH].[K+].[K+].[K+]. The molecule has 0 radical (unpaired) electrons. The first-order chi connectivity index (χ1) is 63.0. The molecule has 0 aliphatic rings. The number of thiazole rings is 7. The van der Waals surface area contributed by atoms with Crippen LogP contribution in [0.5, 0.6) is 0 Å². The van der Waals surface area contributed by atoms with Crippen molar-refractivity contribution in [1.29, 1.82) is 11.1 Å². The number of aryl methyl sites for hydroxylation is 6. The van der Waals surface area contributed by atoms with Crippen molar-refractivity contribution < 1.29 is 293 Å². The van der Waals surface area contributed by atoms with Crippen molar-refractivity contribution in [2.24, 2.45) is 0 Å². The smallest absolute Gasteiger partial charge is 1.00 e. The third-order valence-electron chi connectivity index (χ3n) is 17.2. The summed E-state index contributed by atoms with van der Waals surface area (Å²) < 4.78 is 50.0. The number of halogens is 6. The second kappa shape index (κ2) is 64.0. The van der Waals surface area contributed by atoms with Gasteiger partial charge in [0, 0.05) is 101 Å². The van der Waals surface area contributed by atoms with Crippen LogP contribution in [0.25, 0.3) is 33.8 Å². The standard InChI is InChI=1S/C13H15NO3S.C12H12BrNO3S.C12H13NO4S.C11H9Br2NO3S.C11H10BrNO4S.C11H10BrNO3S.C10H10BrNO2S.C2H4O2.CH2O3.3K.H2N2.H2O.H2.H/c1-4-9-6-14-10(7-15)11(13(16)17-5-2)8(3)12(14)18-9;1-3-7-5-14-8(6-15)9(12(16)17-4-2)10(13)11(14)18-7;1-3-17-12(16)10-7(2)11-13(9(10)6-15)4-8(5-14)18-11;1-2-17-11(16)8-7(5-15)14-4-6(3-12)18-10(14)9(8)13;1-2-17-11(16)8-7(5-15)13-3-6(4-14)18-10(13)9(8)12;1-3-16-11(15)8-7(5-14)13-4-6(2)17-10(13)9(8)12;1-3-14-10(13)7-4-8-12(9(7)11)5-6(2)15-8;1-2(3)4;2-1-4-3;;;;1-2;;;/h6-7H,4-5H2,1-3H3;5-6H,3-4H2,1-2H3;4,6,14H,3,5H2,1-2H3;4-5H,2-3H2,1H3;3,5,14H,2,4H2,1H3;4-5H,3H2,1-2H3;4-5H,3H2,1-2H3;1H3,(H,3,4);1,3H;;;;1-2H;1H2;1H;/q;;;;;;;;;3*+1;;;;-1/p-2. The van der Waals surface area contributed by atoms with E-state index in [1.54, 1.807) is 128 Å². The van der Waals surface area contributed by atoms with Crippen LogP contribution in [-0.4, -0.2) is 185 Å². The monoisotopic (exact) mass is 2470 g/mol. The summed E-state index contributed by atoms with van der Waals surface area (Å²) in [5.41, 5.74) is 15.8. The van der Waals surface area contributed by atoms with E-state index in [-0.39, 0.29) is 238 Å². The molecule has 0 fully saturated rings. The molecule has 0 unspecified atom stereocenters. The molecule has 14 rings (SSSR count). The van der Waals surface area contributed by atoms with Gasteiger partial charge in [-0.05, 0) is 182 Å². The van der Waals surface area contributed by atoms with Gasteiger partial charge < -0.3 is 101 Å². The fourth-order valence-electron chi connectivity index (χ4n) is 12.0. The van der Waals surface area contributed by atoms with Gasteiger partial charge in [0.15, 0.2) is 37.7 Å². The van der Waals surface area contributed by atoms with Crippen LogP contribution in [0.2, 0.25) is 0 Å². The number of carboxylic acid groups (broad SMARTS) is 1. The molecule has 0 amide bonds. The Hall–Kier alpha value is -4.84. The molecule has 6 N–H and O–H groups in total. The maximum atomic E-state index is 11.9. The van der Waals surface area contributed by atoms with Gasteiger partial charge in [0.25, 0.3) is 6.47 Å². The minimum Gasteiger partial charge on any atom is -1.00 e. The van der Waals surface area contributed by atoms with E-state index in [1.165, 1.54) is 55.1 Å². The summed E-state index contributed by atoms with van der Waals surface area (Å²) in [5, 5.41) is 36.2. The molecule has 14 aromatic heterocycles. The summed E-state index contributed by atoms with van der Waals surface area (Å²) in [4.78, 5) is 183. The molecule has 0 saturated carbocycles. The minimum absolute atomic E-state index is 0. The average Bonchev–Trinajstić information content (AvgIpc) is 1.60. The fourth-order valence-corrected chi connectivity index (χ4v) is 23.0. The number of esters is 7. The van der Waals surface area contributed by atoms with E-state index in [0.29, 0.717) is 139 Å². The van der Waals surface area contributed by atoms with Crippen molar-refractivity contribution in [3.63, 3.8) is 0 Å². The van der Waals surface area contributed by atoms with E-state index in [4.69, 9.17) is 74.4 Å². The quantitative estimate of drug-likeness (QED) is 0.00576. The molecule has 0 aromatic carbocycles. The largest absolute Gasteiger partial charge is 1.00 e. The number of carbonyl (C=O) groups is 15. The van der Waals surface area contributed by atoms with Crippen molar-refractivity contribution in [1.82, 2.24) is 30.8 Å². The number of rotatable bonds is 26. The third kappa shape index (κ3) is 31.6. The maximum Gasteiger partial charge on any atom is 1.00 e. The number of hydrogen-bond acceptors (Lipinski definition) is 36. The van der Waals surface area contributed by atoms with E-state index >= 15 is 0 Å². The Kier molecular flexibility index (Phi) is 60.8. The Morgan fingerprint density at radius 1 is 0.390 bits per heavy atom. The first kappa shape index (κ1) is 129. The van der Waals surface area contributed by atoms with Crippen molar-refractivity contribution in [2.75, 3.05) is 46.2 Å². The van der Waals surface area contributed by atoms with Gasteiger partial charge >= 0.3 is 196 Å². The molecule has 14 heterocycles. The van der Waals surface area contributed by atoms with E-state index in [2.05, 4.69) is 107 Å². The molecule has 37 nitrogen and oxygen atoms in total. The van der Waals surface area contributed by atoms with Gasteiger partial charge in [0.2, 0.25) is 0 Å². The Morgan fingerprint density at radius 2 is 0.618 bits per heavy atom. The predicted octanol–water partition coefficient (Wildman–Crippen LogP) is 8.50. The summed E-state index contributed by atoms with van der Waals surface area (Å²) in [6.07, 6.45) is 18.6. The average molecular weight is 2480 g/mol. The minimum atomic E-state index is -1.08. The van der Waals surface area contributed by atoms with Crippen molar-refractivity contribution >= 4 is 301 Å². The number of hydrogen-bond donors (Lipinski definition) is 4. The number of aromatic nitrogens is 7. The number of aliphatic carboxylic acids is 1. The number of fused-ring (bicyclic) bond motifs is 7.